The lowest BCUT2D eigenvalue weighted by Gasteiger charge is -2.19. The van der Waals surface area contributed by atoms with E-state index in [4.69, 9.17) is 9.41 Å². The standard InChI is InChI=1S/C26H34N4O2.HI/c1-3-27-26(29-17-24(20-31)21-10-5-4-6-11-21)28-16-22-12-7-8-13-23(22)18-30(2)19-25-14-9-15-32-25;/h4-15,24,31H,3,16-20H2,1-2H3,(H2,27,28,29);1H. The van der Waals surface area contributed by atoms with Crippen molar-refractivity contribution in [3.63, 3.8) is 0 Å². The number of aliphatic imine (C=N–C) groups is 1. The highest BCUT2D eigenvalue weighted by Crippen LogP contribution is 2.15. The van der Waals surface area contributed by atoms with Crippen molar-refractivity contribution in [2.45, 2.75) is 32.5 Å². The van der Waals surface area contributed by atoms with Gasteiger partial charge in [0, 0.05) is 25.6 Å². The number of benzene rings is 2. The molecule has 0 saturated carbocycles. The fourth-order valence-electron chi connectivity index (χ4n) is 3.62. The van der Waals surface area contributed by atoms with Crippen molar-refractivity contribution in [3.8, 4) is 0 Å². The zero-order chi connectivity index (χ0) is 22.6. The van der Waals surface area contributed by atoms with E-state index in [-0.39, 0.29) is 36.5 Å². The van der Waals surface area contributed by atoms with E-state index >= 15 is 0 Å². The summed E-state index contributed by atoms with van der Waals surface area (Å²) in [5.74, 6) is 1.72. The number of hydrogen-bond donors (Lipinski definition) is 3. The summed E-state index contributed by atoms with van der Waals surface area (Å²) < 4.78 is 5.47. The van der Waals surface area contributed by atoms with E-state index < -0.39 is 0 Å². The Kier molecular flexibility index (Phi) is 12.0. The van der Waals surface area contributed by atoms with E-state index in [0.717, 1.165) is 36.9 Å². The van der Waals surface area contributed by atoms with Gasteiger partial charge in [-0.1, -0.05) is 54.6 Å². The van der Waals surface area contributed by atoms with Crippen LogP contribution in [0.1, 0.15) is 35.3 Å². The molecule has 0 fully saturated rings. The molecule has 0 radical (unpaired) electrons. The van der Waals surface area contributed by atoms with E-state index in [2.05, 4.69) is 53.8 Å². The molecule has 0 saturated heterocycles. The van der Waals surface area contributed by atoms with Gasteiger partial charge in [0.2, 0.25) is 0 Å². The molecule has 6 nitrogen and oxygen atoms in total. The number of furan rings is 1. The van der Waals surface area contributed by atoms with E-state index in [1.165, 1.54) is 11.1 Å². The molecule has 1 unspecified atom stereocenters. The van der Waals surface area contributed by atoms with E-state index in [9.17, 15) is 5.11 Å². The molecular formula is C26H35IN4O2. The maximum Gasteiger partial charge on any atom is 0.191 e. The number of halogens is 1. The molecule has 178 valence electrons. The van der Waals surface area contributed by atoms with Gasteiger partial charge in [0.1, 0.15) is 5.76 Å². The average molecular weight is 562 g/mol. The first-order valence-electron chi connectivity index (χ1n) is 11.1. The SMILES string of the molecule is CCNC(=NCc1ccccc1CN(C)Cc1ccco1)NCC(CO)c1ccccc1.I. The fraction of sp³-hybridized carbons (Fsp3) is 0.346. The highest BCUT2D eigenvalue weighted by Gasteiger charge is 2.11. The Bertz CT molecular complexity index is 948. The second-order valence-electron chi connectivity index (χ2n) is 7.89. The second kappa shape index (κ2) is 14.7. The molecule has 1 atom stereocenters. The van der Waals surface area contributed by atoms with Crippen LogP contribution in [0.4, 0.5) is 0 Å². The number of hydrogen-bond acceptors (Lipinski definition) is 4. The van der Waals surface area contributed by atoms with Gasteiger partial charge in [0.05, 0.1) is 26.0 Å². The Morgan fingerprint density at radius 2 is 1.70 bits per heavy atom. The maximum atomic E-state index is 9.83. The number of aliphatic hydroxyl groups excluding tert-OH is 1. The average Bonchev–Trinajstić information content (AvgIpc) is 3.32. The van der Waals surface area contributed by atoms with Crippen molar-refractivity contribution in [1.82, 2.24) is 15.5 Å². The summed E-state index contributed by atoms with van der Waals surface area (Å²) in [4.78, 5) is 7.04. The number of rotatable bonds is 11. The molecule has 0 aliphatic rings. The fourth-order valence-corrected chi connectivity index (χ4v) is 3.62. The first-order valence-corrected chi connectivity index (χ1v) is 11.1. The monoisotopic (exact) mass is 562 g/mol. The van der Waals surface area contributed by atoms with E-state index in [1.54, 1.807) is 6.26 Å². The number of guanidine groups is 1. The highest BCUT2D eigenvalue weighted by molar-refractivity contribution is 14.0. The summed E-state index contributed by atoms with van der Waals surface area (Å²) in [6, 6.07) is 22.4. The highest BCUT2D eigenvalue weighted by atomic mass is 127. The van der Waals surface area contributed by atoms with Crippen molar-refractivity contribution >= 4 is 29.9 Å². The molecule has 2 aromatic carbocycles. The smallest absolute Gasteiger partial charge is 0.191 e. The van der Waals surface area contributed by atoms with E-state index in [0.29, 0.717) is 13.1 Å². The summed E-state index contributed by atoms with van der Waals surface area (Å²) >= 11 is 0. The van der Waals surface area contributed by atoms with Crippen molar-refractivity contribution in [2.24, 2.45) is 4.99 Å². The minimum Gasteiger partial charge on any atom is -0.468 e. The predicted octanol–water partition coefficient (Wildman–Crippen LogP) is 4.36. The van der Waals surface area contributed by atoms with Crippen molar-refractivity contribution in [2.75, 3.05) is 26.7 Å². The molecule has 0 bridgehead atoms. The van der Waals surface area contributed by atoms with Crippen LogP contribution < -0.4 is 10.6 Å². The molecule has 0 aliphatic carbocycles. The predicted molar refractivity (Wildman–Crippen MR) is 145 cm³/mol. The third-order valence-corrected chi connectivity index (χ3v) is 5.32. The molecule has 1 heterocycles. The third-order valence-electron chi connectivity index (χ3n) is 5.32. The third kappa shape index (κ3) is 8.83. The van der Waals surface area contributed by atoms with Crippen LogP contribution in [0.5, 0.6) is 0 Å². The molecule has 3 N–H and O–H groups in total. The molecular weight excluding hydrogens is 527 g/mol. The zero-order valence-corrected chi connectivity index (χ0v) is 21.7. The van der Waals surface area contributed by atoms with Gasteiger partial charge in [-0.3, -0.25) is 4.90 Å². The lowest BCUT2D eigenvalue weighted by molar-refractivity contribution is 0.265. The van der Waals surface area contributed by atoms with Gasteiger partial charge in [0.15, 0.2) is 5.96 Å². The summed E-state index contributed by atoms with van der Waals surface area (Å²) in [6.45, 7) is 5.67. The van der Waals surface area contributed by atoms with Gasteiger partial charge in [-0.2, -0.15) is 0 Å². The van der Waals surface area contributed by atoms with Gasteiger partial charge in [0.25, 0.3) is 0 Å². The minimum atomic E-state index is 0. The van der Waals surface area contributed by atoms with Crippen LogP contribution in [-0.4, -0.2) is 42.7 Å². The maximum absolute atomic E-state index is 9.83. The van der Waals surface area contributed by atoms with Gasteiger partial charge >= 0.3 is 0 Å². The molecule has 1 aromatic heterocycles. The lowest BCUT2D eigenvalue weighted by Crippen LogP contribution is -2.40. The van der Waals surface area contributed by atoms with Gasteiger partial charge in [-0.05, 0) is 42.8 Å². The Hall–Kier alpha value is -2.36. The summed E-state index contributed by atoms with van der Waals surface area (Å²) in [5.41, 5.74) is 3.56. The minimum absolute atomic E-state index is 0. The van der Waals surface area contributed by atoms with Crippen LogP contribution in [-0.2, 0) is 19.6 Å². The van der Waals surface area contributed by atoms with Crippen LogP contribution in [0.25, 0.3) is 0 Å². The van der Waals surface area contributed by atoms with Gasteiger partial charge in [-0.25, -0.2) is 4.99 Å². The lowest BCUT2D eigenvalue weighted by atomic mass is 10.0. The number of aliphatic hydroxyl groups is 1. The van der Waals surface area contributed by atoms with Crippen LogP contribution >= 0.6 is 24.0 Å². The summed E-state index contributed by atoms with van der Waals surface area (Å²) in [6.07, 6.45) is 1.71. The summed E-state index contributed by atoms with van der Waals surface area (Å²) in [5, 5.41) is 16.5. The van der Waals surface area contributed by atoms with Crippen LogP contribution in [0, 0.1) is 0 Å². The Labute approximate surface area is 214 Å². The van der Waals surface area contributed by atoms with Crippen molar-refractivity contribution < 1.29 is 9.52 Å². The van der Waals surface area contributed by atoms with Crippen molar-refractivity contribution in [3.05, 3.63) is 95.4 Å². The molecule has 3 aromatic rings. The molecule has 0 spiro atoms. The molecule has 3 rings (SSSR count). The van der Waals surface area contributed by atoms with Crippen molar-refractivity contribution in [1.29, 1.82) is 0 Å². The first kappa shape index (κ1) is 26.9. The van der Waals surface area contributed by atoms with Gasteiger partial charge in [-0.15, -0.1) is 24.0 Å². The summed E-state index contributed by atoms with van der Waals surface area (Å²) in [7, 11) is 2.09. The largest absolute Gasteiger partial charge is 0.468 e. The molecule has 0 aliphatic heterocycles. The normalized spacial score (nSPS) is 12.3. The van der Waals surface area contributed by atoms with Crippen LogP contribution in [0.3, 0.4) is 0 Å². The molecule has 33 heavy (non-hydrogen) atoms. The Morgan fingerprint density at radius 3 is 2.36 bits per heavy atom. The molecule has 7 heteroatoms. The Balaban J connectivity index is 0.00000385. The van der Waals surface area contributed by atoms with Crippen LogP contribution in [0.2, 0.25) is 0 Å². The molecule has 0 amide bonds. The second-order valence-corrected chi connectivity index (χ2v) is 7.89. The first-order chi connectivity index (χ1) is 15.7. The van der Waals surface area contributed by atoms with E-state index in [1.807, 2.05) is 42.5 Å². The van der Waals surface area contributed by atoms with Crippen LogP contribution in [0.15, 0.2) is 82.4 Å². The Morgan fingerprint density at radius 1 is 0.970 bits per heavy atom. The zero-order valence-electron chi connectivity index (χ0n) is 19.4. The van der Waals surface area contributed by atoms with Gasteiger partial charge < -0.3 is 20.2 Å². The quantitative estimate of drug-likeness (QED) is 0.184. The number of nitrogens with one attached hydrogen (secondary N) is 2. The topological polar surface area (TPSA) is 73.0 Å². The number of nitrogens with zero attached hydrogens (tertiary/aromatic N) is 2.